The topological polar surface area (TPSA) is 97.4 Å². The van der Waals surface area contributed by atoms with Gasteiger partial charge in [0.2, 0.25) is 5.91 Å². The number of nitrogens with two attached hydrogens (primary N) is 1. The molecule has 0 aliphatic carbocycles. The minimum absolute atomic E-state index is 0.0620. The summed E-state index contributed by atoms with van der Waals surface area (Å²) in [4.78, 5) is 14.0. The van der Waals surface area contributed by atoms with E-state index in [2.05, 4.69) is 5.16 Å². The largest absolute Gasteiger partial charge is 0.409 e. The minimum atomic E-state index is 0.0620. The van der Waals surface area contributed by atoms with Gasteiger partial charge in [-0.2, -0.15) is 0 Å². The maximum atomic E-state index is 12.3. The monoisotopic (exact) mass is 301 g/mol. The van der Waals surface area contributed by atoms with Crippen LogP contribution in [0.1, 0.15) is 38.5 Å². The highest BCUT2D eigenvalue weighted by Crippen LogP contribution is 2.17. The van der Waals surface area contributed by atoms with Crippen LogP contribution in [0.3, 0.4) is 0 Å². The number of ether oxygens (including phenoxy) is 2. The molecule has 1 amide bonds. The Morgan fingerprint density at radius 1 is 1.43 bits per heavy atom. The van der Waals surface area contributed by atoms with Crippen LogP contribution in [0.2, 0.25) is 0 Å². The Hall–Kier alpha value is -1.34. The number of amides is 1. The molecule has 1 rings (SSSR count). The summed E-state index contributed by atoms with van der Waals surface area (Å²) in [5.74, 6) is 0.188. The highest BCUT2D eigenvalue weighted by molar-refractivity contribution is 5.81. The van der Waals surface area contributed by atoms with E-state index in [1.54, 1.807) is 12.0 Å². The quantitative estimate of drug-likeness (QED) is 0.286. The maximum Gasteiger partial charge on any atom is 0.222 e. The molecular weight excluding hydrogens is 274 g/mol. The van der Waals surface area contributed by atoms with Gasteiger partial charge >= 0.3 is 0 Å². The number of rotatable bonds is 9. The SMILES string of the molecule is COCCN(CCC(N)=NO)C(=O)CCC1CCCCO1. The van der Waals surface area contributed by atoms with Crippen molar-refractivity contribution in [1.29, 1.82) is 0 Å². The zero-order chi connectivity index (χ0) is 15.5. The van der Waals surface area contributed by atoms with Crippen LogP contribution in [-0.2, 0) is 14.3 Å². The molecule has 21 heavy (non-hydrogen) atoms. The molecule has 1 saturated heterocycles. The molecule has 0 aromatic heterocycles. The van der Waals surface area contributed by atoms with E-state index >= 15 is 0 Å². The van der Waals surface area contributed by atoms with Crippen LogP contribution >= 0.6 is 0 Å². The normalized spacial score (nSPS) is 19.5. The number of oxime groups is 1. The molecule has 1 unspecified atom stereocenters. The van der Waals surface area contributed by atoms with E-state index < -0.39 is 0 Å². The van der Waals surface area contributed by atoms with E-state index in [1.807, 2.05) is 0 Å². The summed E-state index contributed by atoms with van der Waals surface area (Å²) in [6.45, 7) is 2.22. The average Bonchev–Trinajstić information content (AvgIpc) is 2.53. The van der Waals surface area contributed by atoms with Crippen LogP contribution < -0.4 is 5.73 Å². The summed E-state index contributed by atoms with van der Waals surface area (Å²) in [7, 11) is 1.60. The third kappa shape index (κ3) is 7.29. The molecule has 7 heteroatoms. The number of methoxy groups -OCH3 is 1. The van der Waals surface area contributed by atoms with Gasteiger partial charge in [0, 0.05) is 39.6 Å². The van der Waals surface area contributed by atoms with Gasteiger partial charge in [-0.05, 0) is 25.7 Å². The van der Waals surface area contributed by atoms with E-state index in [-0.39, 0.29) is 17.8 Å². The van der Waals surface area contributed by atoms with Gasteiger partial charge in [-0.15, -0.1) is 0 Å². The summed E-state index contributed by atoms with van der Waals surface area (Å²) >= 11 is 0. The van der Waals surface area contributed by atoms with Gasteiger partial charge in [-0.1, -0.05) is 5.16 Å². The Morgan fingerprint density at radius 2 is 2.24 bits per heavy atom. The van der Waals surface area contributed by atoms with Crippen molar-refractivity contribution in [1.82, 2.24) is 4.90 Å². The molecule has 1 atom stereocenters. The van der Waals surface area contributed by atoms with Gasteiger partial charge in [-0.25, -0.2) is 0 Å². The number of carbonyl (C=O) groups is 1. The third-order valence-electron chi connectivity index (χ3n) is 3.64. The van der Waals surface area contributed by atoms with Crippen molar-refractivity contribution < 1.29 is 19.5 Å². The first-order valence-electron chi connectivity index (χ1n) is 7.52. The Morgan fingerprint density at radius 3 is 2.86 bits per heavy atom. The van der Waals surface area contributed by atoms with Gasteiger partial charge in [-0.3, -0.25) is 4.79 Å². The van der Waals surface area contributed by atoms with Crippen molar-refractivity contribution in [2.24, 2.45) is 10.9 Å². The highest BCUT2D eigenvalue weighted by Gasteiger charge is 2.18. The Kier molecular flexibility index (Phi) is 8.77. The van der Waals surface area contributed by atoms with Crippen LogP contribution in [0, 0.1) is 0 Å². The van der Waals surface area contributed by atoms with Crippen molar-refractivity contribution in [2.75, 3.05) is 33.4 Å². The number of hydrogen-bond donors (Lipinski definition) is 2. The first kappa shape index (κ1) is 17.7. The van der Waals surface area contributed by atoms with E-state index in [4.69, 9.17) is 20.4 Å². The molecule has 0 spiro atoms. The molecule has 0 aromatic rings. The number of carbonyl (C=O) groups excluding carboxylic acids is 1. The predicted molar refractivity (Wildman–Crippen MR) is 79.3 cm³/mol. The van der Waals surface area contributed by atoms with Crippen molar-refractivity contribution >= 4 is 11.7 Å². The number of hydrogen-bond acceptors (Lipinski definition) is 5. The molecular formula is C14H27N3O4. The first-order chi connectivity index (χ1) is 10.2. The van der Waals surface area contributed by atoms with Gasteiger partial charge in [0.05, 0.1) is 12.7 Å². The van der Waals surface area contributed by atoms with E-state index in [1.165, 1.54) is 6.42 Å². The fraction of sp³-hybridized carbons (Fsp3) is 0.857. The smallest absolute Gasteiger partial charge is 0.222 e. The summed E-state index contributed by atoms with van der Waals surface area (Å²) in [6.07, 6.45) is 5.11. The molecule has 1 fully saturated rings. The maximum absolute atomic E-state index is 12.3. The van der Waals surface area contributed by atoms with Crippen molar-refractivity contribution in [3.63, 3.8) is 0 Å². The number of nitrogens with zero attached hydrogens (tertiary/aromatic N) is 2. The molecule has 1 heterocycles. The van der Waals surface area contributed by atoms with Gasteiger partial charge in [0.25, 0.3) is 0 Å². The lowest BCUT2D eigenvalue weighted by Gasteiger charge is -2.25. The van der Waals surface area contributed by atoms with Crippen LogP contribution in [0.15, 0.2) is 5.16 Å². The van der Waals surface area contributed by atoms with Crippen LogP contribution in [0.4, 0.5) is 0 Å². The van der Waals surface area contributed by atoms with Crippen LogP contribution in [-0.4, -0.2) is 61.4 Å². The molecule has 1 aliphatic heterocycles. The van der Waals surface area contributed by atoms with Crippen molar-refractivity contribution in [2.45, 2.75) is 44.6 Å². The Bertz CT molecular complexity index is 330. The molecule has 1 aliphatic rings. The van der Waals surface area contributed by atoms with E-state index in [9.17, 15) is 4.79 Å². The second-order valence-electron chi connectivity index (χ2n) is 5.24. The second kappa shape index (κ2) is 10.4. The predicted octanol–water partition coefficient (Wildman–Crippen LogP) is 0.947. The molecule has 0 bridgehead atoms. The molecule has 122 valence electrons. The summed E-state index contributed by atoms with van der Waals surface area (Å²) in [5.41, 5.74) is 5.45. The second-order valence-corrected chi connectivity index (χ2v) is 5.24. The number of amidine groups is 1. The first-order valence-corrected chi connectivity index (χ1v) is 7.52. The Balaban J connectivity index is 2.37. The van der Waals surface area contributed by atoms with E-state index in [0.29, 0.717) is 32.5 Å². The zero-order valence-corrected chi connectivity index (χ0v) is 12.8. The lowest BCUT2D eigenvalue weighted by atomic mass is 10.0. The van der Waals surface area contributed by atoms with Crippen LogP contribution in [0.25, 0.3) is 0 Å². The molecule has 0 aromatic carbocycles. The van der Waals surface area contributed by atoms with Gasteiger partial charge < -0.3 is 25.3 Å². The minimum Gasteiger partial charge on any atom is -0.409 e. The lowest BCUT2D eigenvalue weighted by Crippen LogP contribution is -2.37. The molecule has 7 nitrogen and oxygen atoms in total. The fourth-order valence-corrected chi connectivity index (χ4v) is 2.34. The van der Waals surface area contributed by atoms with Crippen molar-refractivity contribution in [3.05, 3.63) is 0 Å². The summed E-state index contributed by atoms with van der Waals surface area (Å²) in [6, 6.07) is 0. The molecule has 3 N–H and O–H groups in total. The van der Waals surface area contributed by atoms with Gasteiger partial charge in [0.1, 0.15) is 5.84 Å². The molecule has 0 saturated carbocycles. The van der Waals surface area contributed by atoms with Crippen LogP contribution in [0.5, 0.6) is 0 Å². The average molecular weight is 301 g/mol. The Labute approximate surface area is 126 Å². The highest BCUT2D eigenvalue weighted by atomic mass is 16.5. The van der Waals surface area contributed by atoms with Gasteiger partial charge in [0.15, 0.2) is 0 Å². The summed E-state index contributed by atoms with van der Waals surface area (Å²) < 4.78 is 10.7. The standard InChI is InChI=1S/C14H27N3O4/c1-20-11-9-17(8-7-13(15)16-19)14(18)6-5-12-4-2-3-10-21-12/h12,19H,2-11H2,1H3,(H2,15,16). The third-order valence-corrected chi connectivity index (χ3v) is 3.64. The van der Waals surface area contributed by atoms with Crippen molar-refractivity contribution in [3.8, 4) is 0 Å². The zero-order valence-electron chi connectivity index (χ0n) is 12.8. The van der Waals surface area contributed by atoms with E-state index in [0.717, 1.165) is 25.9 Å². The summed E-state index contributed by atoms with van der Waals surface area (Å²) in [5, 5.41) is 11.5. The fourth-order valence-electron chi connectivity index (χ4n) is 2.34. The molecule has 0 radical (unpaired) electrons. The lowest BCUT2D eigenvalue weighted by molar-refractivity contribution is -0.132.